The van der Waals surface area contributed by atoms with Crippen LogP contribution in [0.2, 0.25) is 0 Å². The number of hydrogen-bond donors (Lipinski definition) is 0. The molecule has 1 nitrogen and oxygen atoms in total. The summed E-state index contributed by atoms with van der Waals surface area (Å²) in [5.74, 6) is 2.41. The first kappa shape index (κ1) is 11.7. The van der Waals surface area contributed by atoms with E-state index in [1.54, 1.807) is 0 Å². The molecule has 14 heavy (non-hydrogen) atoms. The predicted molar refractivity (Wildman–Crippen MR) is 60.1 cm³/mol. The Bertz CT molecular complexity index is 215. The average Bonchev–Trinajstić information content (AvgIpc) is 2.08. The van der Waals surface area contributed by atoms with Crippen molar-refractivity contribution in [1.29, 1.82) is 0 Å². The highest BCUT2D eigenvalue weighted by molar-refractivity contribution is 5.79. The zero-order valence-corrected chi connectivity index (χ0v) is 10.3. The standard InChI is InChI=1S/C13H24O/c1-9(2)10(3)12-8-11(14)6-7-13(12,4)5/h9-10,12H,6-8H2,1-5H3. The van der Waals surface area contributed by atoms with E-state index in [0.29, 0.717) is 29.0 Å². The van der Waals surface area contributed by atoms with Gasteiger partial charge in [0.15, 0.2) is 0 Å². The highest BCUT2D eigenvalue weighted by Gasteiger charge is 2.39. The normalized spacial score (nSPS) is 29.3. The highest BCUT2D eigenvalue weighted by atomic mass is 16.1. The lowest BCUT2D eigenvalue weighted by molar-refractivity contribution is -0.126. The first-order valence-corrected chi connectivity index (χ1v) is 5.86. The maximum atomic E-state index is 11.5. The maximum absolute atomic E-state index is 11.5. The summed E-state index contributed by atoms with van der Waals surface area (Å²) in [4.78, 5) is 11.5. The van der Waals surface area contributed by atoms with Crippen molar-refractivity contribution in [2.75, 3.05) is 0 Å². The van der Waals surface area contributed by atoms with Crippen molar-refractivity contribution in [2.45, 2.75) is 53.9 Å². The van der Waals surface area contributed by atoms with Crippen molar-refractivity contribution in [3.63, 3.8) is 0 Å². The Morgan fingerprint density at radius 2 is 1.86 bits per heavy atom. The zero-order valence-electron chi connectivity index (χ0n) is 10.3. The fourth-order valence-corrected chi connectivity index (χ4v) is 2.63. The quantitative estimate of drug-likeness (QED) is 0.658. The van der Waals surface area contributed by atoms with E-state index in [4.69, 9.17) is 0 Å². The van der Waals surface area contributed by atoms with Gasteiger partial charge in [0.2, 0.25) is 0 Å². The Morgan fingerprint density at radius 3 is 2.36 bits per heavy atom. The molecule has 0 spiro atoms. The molecule has 0 N–H and O–H groups in total. The second kappa shape index (κ2) is 4.04. The van der Waals surface area contributed by atoms with Gasteiger partial charge in [0, 0.05) is 12.8 Å². The number of rotatable bonds is 2. The SMILES string of the molecule is CC(C)C(C)C1CC(=O)CCC1(C)C. The van der Waals surface area contributed by atoms with Crippen LogP contribution in [0.4, 0.5) is 0 Å². The zero-order chi connectivity index (χ0) is 10.9. The van der Waals surface area contributed by atoms with Crippen molar-refractivity contribution >= 4 is 5.78 Å². The van der Waals surface area contributed by atoms with Gasteiger partial charge in [0.25, 0.3) is 0 Å². The van der Waals surface area contributed by atoms with Crippen molar-refractivity contribution in [1.82, 2.24) is 0 Å². The van der Waals surface area contributed by atoms with Gasteiger partial charge in [0.1, 0.15) is 5.78 Å². The second-order valence-electron chi connectivity index (χ2n) is 5.94. The molecule has 1 aliphatic carbocycles. The minimum Gasteiger partial charge on any atom is -0.300 e. The Morgan fingerprint density at radius 1 is 1.29 bits per heavy atom. The van der Waals surface area contributed by atoms with Crippen LogP contribution < -0.4 is 0 Å². The van der Waals surface area contributed by atoms with Gasteiger partial charge in [0.05, 0.1) is 0 Å². The summed E-state index contributed by atoms with van der Waals surface area (Å²) in [6, 6.07) is 0. The van der Waals surface area contributed by atoms with Crippen LogP contribution in [0.1, 0.15) is 53.9 Å². The largest absolute Gasteiger partial charge is 0.300 e. The van der Waals surface area contributed by atoms with E-state index in [0.717, 1.165) is 19.3 Å². The van der Waals surface area contributed by atoms with Gasteiger partial charge < -0.3 is 0 Å². The Hall–Kier alpha value is -0.330. The van der Waals surface area contributed by atoms with Crippen molar-refractivity contribution in [2.24, 2.45) is 23.2 Å². The molecule has 0 aromatic carbocycles. The minimum absolute atomic E-state index is 0.359. The van der Waals surface area contributed by atoms with Crippen molar-refractivity contribution < 1.29 is 4.79 Å². The van der Waals surface area contributed by atoms with E-state index >= 15 is 0 Å². The first-order chi connectivity index (χ1) is 6.34. The van der Waals surface area contributed by atoms with Gasteiger partial charge in [-0.1, -0.05) is 34.6 Å². The minimum atomic E-state index is 0.359. The van der Waals surface area contributed by atoms with Gasteiger partial charge in [-0.3, -0.25) is 4.79 Å². The summed E-state index contributed by atoms with van der Waals surface area (Å²) in [6.07, 6.45) is 2.69. The number of carbonyl (C=O) groups is 1. The smallest absolute Gasteiger partial charge is 0.133 e. The first-order valence-electron chi connectivity index (χ1n) is 5.86. The number of ketones is 1. The van der Waals surface area contributed by atoms with Crippen LogP contribution in [0.15, 0.2) is 0 Å². The molecule has 82 valence electrons. The van der Waals surface area contributed by atoms with Crippen LogP contribution in [-0.4, -0.2) is 5.78 Å². The predicted octanol–water partition coefficient (Wildman–Crippen LogP) is 3.67. The molecule has 0 heterocycles. The molecule has 0 radical (unpaired) electrons. The van der Waals surface area contributed by atoms with E-state index < -0.39 is 0 Å². The summed E-state index contributed by atoms with van der Waals surface area (Å²) in [7, 11) is 0. The third kappa shape index (κ3) is 2.37. The fourth-order valence-electron chi connectivity index (χ4n) is 2.63. The monoisotopic (exact) mass is 196 g/mol. The molecule has 1 saturated carbocycles. The Kier molecular flexibility index (Phi) is 3.39. The molecule has 0 amide bonds. The lowest BCUT2D eigenvalue weighted by Crippen LogP contribution is -2.37. The number of Topliss-reactive ketones (excluding diaryl/α,β-unsaturated/α-hetero) is 1. The topological polar surface area (TPSA) is 17.1 Å². The molecular formula is C13H24O. The third-order valence-corrected chi connectivity index (χ3v) is 4.19. The van der Waals surface area contributed by atoms with E-state index in [1.807, 2.05) is 0 Å². The van der Waals surface area contributed by atoms with Crippen LogP contribution >= 0.6 is 0 Å². The summed E-state index contributed by atoms with van der Waals surface area (Å²) < 4.78 is 0. The van der Waals surface area contributed by atoms with Crippen molar-refractivity contribution in [3.8, 4) is 0 Å². The van der Waals surface area contributed by atoms with E-state index in [1.165, 1.54) is 0 Å². The third-order valence-electron chi connectivity index (χ3n) is 4.19. The van der Waals surface area contributed by atoms with Crippen LogP contribution in [0.25, 0.3) is 0 Å². The number of carbonyl (C=O) groups excluding carboxylic acids is 1. The fraction of sp³-hybridized carbons (Fsp3) is 0.923. The molecule has 0 aromatic heterocycles. The summed E-state index contributed by atoms with van der Waals surface area (Å²) in [6.45, 7) is 11.5. The van der Waals surface area contributed by atoms with Gasteiger partial charge >= 0.3 is 0 Å². The van der Waals surface area contributed by atoms with E-state index in [2.05, 4.69) is 34.6 Å². The molecule has 1 rings (SSSR count). The van der Waals surface area contributed by atoms with Crippen molar-refractivity contribution in [3.05, 3.63) is 0 Å². The maximum Gasteiger partial charge on any atom is 0.133 e. The Balaban J connectivity index is 2.76. The molecule has 0 aliphatic heterocycles. The summed E-state index contributed by atoms with van der Waals surface area (Å²) in [5.41, 5.74) is 0.359. The molecule has 0 bridgehead atoms. The van der Waals surface area contributed by atoms with Gasteiger partial charge in [-0.2, -0.15) is 0 Å². The van der Waals surface area contributed by atoms with E-state index in [-0.39, 0.29) is 0 Å². The highest BCUT2D eigenvalue weighted by Crippen LogP contribution is 2.45. The molecule has 0 aromatic rings. The van der Waals surface area contributed by atoms with Crippen LogP contribution in [0, 0.1) is 23.2 Å². The molecule has 1 fully saturated rings. The molecule has 0 saturated heterocycles. The van der Waals surface area contributed by atoms with E-state index in [9.17, 15) is 4.79 Å². The Labute approximate surface area is 88.3 Å². The molecule has 2 unspecified atom stereocenters. The summed E-state index contributed by atoms with van der Waals surface area (Å²) >= 11 is 0. The van der Waals surface area contributed by atoms with Gasteiger partial charge in [-0.05, 0) is 29.6 Å². The van der Waals surface area contributed by atoms with Gasteiger partial charge in [-0.25, -0.2) is 0 Å². The average molecular weight is 196 g/mol. The number of hydrogen-bond acceptors (Lipinski definition) is 1. The molecule has 1 heteroatoms. The molecule has 2 atom stereocenters. The van der Waals surface area contributed by atoms with Crippen LogP contribution in [0.3, 0.4) is 0 Å². The second-order valence-corrected chi connectivity index (χ2v) is 5.94. The lowest BCUT2D eigenvalue weighted by atomic mass is 9.62. The van der Waals surface area contributed by atoms with Gasteiger partial charge in [-0.15, -0.1) is 0 Å². The van der Waals surface area contributed by atoms with Crippen LogP contribution in [0.5, 0.6) is 0 Å². The van der Waals surface area contributed by atoms with Crippen LogP contribution in [-0.2, 0) is 4.79 Å². The summed E-state index contributed by atoms with van der Waals surface area (Å²) in [5, 5.41) is 0. The lowest BCUT2D eigenvalue weighted by Gasteiger charge is -2.43. The molecular weight excluding hydrogens is 172 g/mol. The molecule has 1 aliphatic rings.